The summed E-state index contributed by atoms with van der Waals surface area (Å²) in [4.78, 5) is 37.1. The van der Waals surface area contributed by atoms with E-state index in [2.05, 4.69) is 20.9 Å². The van der Waals surface area contributed by atoms with E-state index < -0.39 is 0 Å². The van der Waals surface area contributed by atoms with Crippen molar-refractivity contribution in [3.05, 3.63) is 50.9 Å². The number of H-pyrrole nitrogens is 1. The Hall–Kier alpha value is -2.19. The van der Waals surface area contributed by atoms with Gasteiger partial charge in [0.2, 0.25) is 5.91 Å². The number of hydrogen-bond donors (Lipinski definition) is 1. The van der Waals surface area contributed by atoms with Gasteiger partial charge in [-0.2, -0.15) is 0 Å². The van der Waals surface area contributed by atoms with Crippen LogP contribution >= 0.6 is 27.3 Å². The molecule has 0 spiro atoms. The van der Waals surface area contributed by atoms with Gasteiger partial charge in [0, 0.05) is 26.1 Å². The van der Waals surface area contributed by atoms with Gasteiger partial charge in [0.05, 0.1) is 26.2 Å². The number of aromatic nitrogens is 2. The smallest absolute Gasteiger partial charge is 0.264 e. The van der Waals surface area contributed by atoms with Crippen LogP contribution in [0.3, 0.4) is 0 Å². The van der Waals surface area contributed by atoms with E-state index in [1.807, 2.05) is 35.2 Å². The van der Waals surface area contributed by atoms with Gasteiger partial charge in [0.1, 0.15) is 5.82 Å². The number of rotatable bonds is 4. The molecule has 0 radical (unpaired) electrons. The highest BCUT2D eigenvalue weighted by Crippen LogP contribution is 2.28. The molecule has 1 saturated heterocycles. The van der Waals surface area contributed by atoms with Crippen molar-refractivity contribution in [3.63, 3.8) is 0 Å². The van der Waals surface area contributed by atoms with Crippen LogP contribution in [0.4, 0.5) is 0 Å². The minimum absolute atomic E-state index is 0.00507. The van der Waals surface area contributed by atoms with Gasteiger partial charge in [-0.25, -0.2) is 4.98 Å². The maximum absolute atomic E-state index is 12.6. The molecule has 1 fully saturated rings. The summed E-state index contributed by atoms with van der Waals surface area (Å²) in [7, 11) is 1.68. The summed E-state index contributed by atoms with van der Waals surface area (Å²) in [5, 5.41) is 0. The molecule has 1 N–H and O–H groups in total. The number of aromatic amines is 1. The topological polar surface area (TPSA) is 69.3 Å². The number of hydrogen-bond acceptors (Lipinski definition) is 4. The second kappa shape index (κ2) is 8.05. The van der Waals surface area contributed by atoms with Gasteiger partial charge in [0.15, 0.2) is 0 Å². The Morgan fingerprint density at radius 2 is 2.00 bits per heavy atom. The normalized spacial score (nSPS) is 15.1. The Labute approximate surface area is 175 Å². The molecule has 8 heteroatoms. The van der Waals surface area contributed by atoms with Crippen molar-refractivity contribution in [1.29, 1.82) is 0 Å². The van der Waals surface area contributed by atoms with Gasteiger partial charge in [-0.15, -0.1) is 11.3 Å². The van der Waals surface area contributed by atoms with Crippen LogP contribution in [0, 0.1) is 0 Å². The number of likely N-dealkylation sites (N-methyl/N-ethyl adjacent to an activating group) is 1. The molecule has 4 rings (SSSR count). The van der Waals surface area contributed by atoms with Crippen molar-refractivity contribution < 1.29 is 9.59 Å². The Morgan fingerprint density at radius 3 is 2.68 bits per heavy atom. The van der Waals surface area contributed by atoms with E-state index in [1.54, 1.807) is 13.1 Å². The average Bonchev–Trinajstić information content (AvgIpc) is 3.33. The lowest BCUT2D eigenvalue weighted by Gasteiger charge is -2.32. The molecule has 2 amide bonds. The van der Waals surface area contributed by atoms with Crippen LogP contribution in [0.15, 0.2) is 40.2 Å². The number of carbonyl (C=O) groups is 2. The lowest BCUT2D eigenvalue weighted by Crippen LogP contribution is -2.44. The average molecular weight is 461 g/mol. The third-order valence-electron chi connectivity index (χ3n) is 5.15. The summed E-state index contributed by atoms with van der Waals surface area (Å²) in [5.74, 6) is 1.21. The second-order valence-corrected chi connectivity index (χ2v) is 9.52. The predicted octanol–water partition coefficient (Wildman–Crippen LogP) is 3.87. The van der Waals surface area contributed by atoms with Crippen molar-refractivity contribution >= 4 is 50.1 Å². The summed E-state index contributed by atoms with van der Waals surface area (Å²) in [6.07, 6.45) is 1.75. The standard InChI is InChI=1S/C20H21BrN4O2S/c1-24(20(27)16-6-7-17(21)28-16)12-18(26)25-10-8-13(9-11-25)19-22-14-4-2-3-5-15(14)23-19/h2-7,13H,8-12H2,1H3,(H,22,23). The summed E-state index contributed by atoms with van der Waals surface area (Å²) in [5.41, 5.74) is 2.03. The SMILES string of the molecule is CN(CC(=O)N1CCC(c2nc3ccccc3[nH]2)CC1)C(=O)c1ccc(Br)s1. The Kier molecular flexibility index (Phi) is 5.50. The number of halogens is 1. The van der Waals surface area contributed by atoms with Crippen molar-refractivity contribution in [2.45, 2.75) is 18.8 Å². The van der Waals surface area contributed by atoms with Crippen LogP contribution in [0.5, 0.6) is 0 Å². The maximum Gasteiger partial charge on any atom is 0.264 e. The number of piperidine rings is 1. The fraction of sp³-hybridized carbons (Fsp3) is 0.350. The molecule has 146 valence electrons. The van der Waals surface area contributed by atoms with Gasteiger partial charge in [0.25, 0.3) is 5.91 Å². The first-order chi connectivity index (χ1) is 13.5. The monoisotopic (exact) mass is 460 g/mol. The van der Waals surface area contributed by atoms with E-state index in [-0.39, 0.29) is 18.4 Å². The summed E-state index contributed by atoms with van der Waals surface area (Å²) >= 11 is 4.74. The van der Waals surface area contributed by atoms with Crippen LogP contribution in [0.2, 0.25) is 0 Å². The quantitative estimate of drug-likeness (QED) is 0.642. The van der Waals surface area contributed by atoms with Gasteiger partial charge in [-0.3, -0.25) is 9.59 Å². The van der Waals surface area contributed by atoms with Gasteiger partial charge >= 0.3 is 0 Å². The highest BCUT2D eigenvalue weighted by molar-refractivity contribution is 9.11. The zero-order chi connectivity index (χ0) is 19.7. The molecule has 0 atom stereocenters. The molecule has 3 heterocycles. The number of benzene rings is 1. The Bertz CT molecular complexity index is 973. The minimum Gasteiger partial charge on any atom is -0.342 e. The van der Waals surface area contributed by atoms with Gasteiger partial charge in [-0.1, -0.05) is 12.1 Å². The molecule has 0 aliphatic carbocycles. The second-order valence-electron chi connectivity index (χ2n) is 7.06. The number of para-hydroxylation sites is 2. The number of nitrogens with one attached hydrogen (secondary N) is 1. The van der Waals surface area contributed by atoms with Crippen molar-refractivity contribution in [3.8, 4) is 0 Å². The number of amides is 2. The van der Waals surface area contributed by atoms with E-state index in [1.165, 1.54) is 16.2 Å². The van der Waals surface area contributed by atoms with Crippen molar-refractivity contribution in [2.75, 3.05) is 26.7 Å². The summed E-state index contributed by atoms with van der Waals surface area (Å²) in [6, 6.07) is 11.6. The van der Waals surface area contributed by atoms with Crippen molar-refractivity contribution in [1.82, 2.24) is 19.8 Å². The number of imidazole rings is 1. The van der Waals surface area contributed by atoms with E-state index in [0.29, 0.717) is 23.9 Å². The molecule has 6 nitrogen and oxygen atoms in total. The molecule has 1 aromatic carbocycles. The Balaban J connectivity index is 1.32. The van der Waals surface area contributed by atoms with Crippen LogP contribution in [0.25, 0.3) is 11.0 Å². The molecular weight excluding hydrogens is 440 g/mol. The molecule has 28 heavy (non-hydrogen) atoms. The first kappa shape index (κ1) is 19.1. The summed E-state index contributed by atoms with van der Waals surface area (Å²) < 4.78 is 0.906. The van der Waals surface area contributed by atoms with E-state index >= 15 is 0 Å². The largest absolute Gasteiger partial charge is 0.342 e. The van der Waals surface area contributed by atoms with E-state index in [0.717, 1.165) is 33.5 Å². The lowest BCUT2D eigenvalue weighted by atomic mass is 9.96. The molecule has 0 saturated carbocycles. The molecule has 2 aromatic heterocycles. The highest BCUT2D eigenvalue weighted by Gasteiger charge is 2.27. The Morgan fingerprint density at radius 1 is 1.25 bits per heavy atom. The van der Waals surface area contributed by atoms with Gasteiger partial charge < -0.3 is 14.8 Å². The van der Waals surface area contributed by atoms with E-state index in [9.17, 15) is 9.59 Å². The molecular formula is C20H21BrN4O2S. The fourth-order valence-corrected chi connectivity index (χ4v) is 4.94. The van der Waals surface area contributed by atoms with E-state index in [4.69, 9.17) is 4.98 Å². The zero-order valence-electron chi connectivity index (χ0n) is 15.5. The maximum atomic E-state index is 12.6. The predicted molar refractivity (Wildman–Crippen MR) is 114 cm³/mol. The number of nitrogens with zero attached hydrogens (tertiary/aromatic N) is 3. The van der Waals surface area contributed by atoms with Crippen LogP contribution < -0.4 is 0 Å². The minimum atomic E-state index is -0.124. The lowest BCUT2D eigenvalue weighted by molar-refractivity contribution is -0.132. The fourth-order valence-electron chi connectivity index (χ4n) is 3.56. The zero-order valence-corrected chi connectivity index (χ0v) is 17.9. The number of fused-ring (bicyclic) bond motifs is 1. The molecule has 0 bridgehead atoms. The third-order valence-corrected chi connectivity index (χ3v) is 6.76. The van der Waals surface area contributed by atoms with Crippen LogP contribution in [-0.4, -0.2) is 58.3 Å². The molecule has 0 unspecified atom stereocenters. The molecule has 3 aromatic rings. The first-order valence-corrected chi connectivity index (χ1v) is 10.9. The van der Waals surface area contributed by atoms with Crippen LogP contribution in [-0.2, 0) is 4.79 Å². The van der Waals surface area contributed by atoms with Gasteiger partial charge in [-0.05, 0) is 53.0 Å². The number of carbonyl (C=O) groups excluding carboxylic acids is 2. The first-order valence-electron chi connectivity index (χ1n) is 9.24. The number of likely N-dealkylation sites (tertiary alicyclic amines) is 1. The molecule has 1 aliphatic rings. The molecule has 1 aliphatic heterocycles. The van der Waals surface area contributed by atoms with Crippen LogP contribution in [0.1, 0.15) is 34.3 Å². The highest BCUT2D eigenvalue weighted by atomic mass is 79.9. The summed E-state index contributed by atoms with van der Waals surface area (Å²) in [6.45, 7) is 1.48. The van der Waals surface area contributed by atoms with Crippen molar-refractivity contribution in [2.24, 2.45) is 0 Å². The third kappa shape index (κ3) is 3.98. The number of thiophene rings is 1.